The van der Waals surface area contributed by atoms with Crippen molar-refractivity contribution in [1.82, 2.24) is 14.9 Å². The highest BCUT2D eigenvalue weighted by molar-refractivity contribution is 7.11. The standard InChI is InChI=1S/C40H44ClF2N5OS/c1-23(42)17-27-11-13-33(46-27)36-34-18-25(7-3-4-8-28-30-20-40(49,21-31(28)24(30)2)35-9-5-6-14-44-35)22-48(34)38(39-45-15-16-50-39)47-37(36)29-12-10-26(43)19-32(29)41/h5-6,9-16,19,23-25,27-28,30-31,37,49H,3-4,7-8,17-18,20-22H2,1-2H3/t23?,24?,25?,27?,28?,30?,31?,37-,40?/m0/s1. The zero-order chi connectivity index (χ0) is 34.6. The van der Waals surface area contributed by atoms with E-state index < -0.39 is 23.6 Å². The Hall–Kier alpha value is -3.27. The van der Waals surface area contributed by atoms with Gasteiger partial charge < -0.3 is 10.0 Å². The zero-order valence-electron chi connectivity index (χ0n) is 28.6. The SMILES string of the molecule is CC(F)CC1C=CC(C2=C3CC(CCCCC4C5CC(O)(c6ccccn6)CC4C5C)CN3C(c3nccs3)=N[C@H]2c2ccc(F)cc2Cl)=N1. The number of unbranched alkanes of at least 4 members (excludes halogenated alkanes) is 1. The number of rotatable bonds is 11. The molecule has 10 heteroatoms. The molecular weight excluding hydrogens is 672 g/mol. The second-order valence-electron chi connectivity index (χ2n) is 15.1. The van der Waals surface area contributed by atoms with Crippen LogP contribution in [0.4, 0.5) is 8.78 Å². The second kappa shape index (κ2) is 13.7. The summed E-state index contributed by atoms with van der Waals surface area (Å²) in [5.41, 5.74) is 3.69. The smallest absolute Gasteiger partial charge is 0.165 e. The van der Waals surface area contributed by atoms with E-state index in [2.05, 4.69) is 21.8 Å². The Bertz CT molecular complexity index is 1830. The first kappa shape index (κ1) is 33.9. The third-order valence-corrected chi connectivity index (χ3v) is 13.1. The number of aliphatic imine (C=N–C) groups is 2. The third-order valence-electron chi connectivity index (χ3n) is 12.0. The molecule has 3 saturated carbocycles. The fourth-order valence-electron chi connectivity index (χ4n) is 9.62. The quantitative estimate of drug-likeness (QED) is 0.201. The summed E-state index contributed by atoms with van der Waals surface area (Å²) in [4.78, 5) is 21.8. The van der Waals surface area contributed by atoms with Gasteiger partial charge in [-0.25, -0.2) is 13.8 Å². The maximum atomic E-state index is 14.2. The number of fused-ring (bicyclic) bond motifs is 3. The minimum absolute atomic E-state index is 0.230. The molecule has 3 aliphatic carbocycles. The number of pyridine rings is 1. The zero-order valence-corrected chi connectivity index (χ0v) is 30.1. The number of aliphatic hydroxyl groups is 1. The van der Waals surface area contributed by atoms with Crippen LogP contribution in [-0.2, 0) is 5.60 Å². The van der Waals surface area contributed by atoms with E-state index in [1.54, 1.807) is 36.7 Å². The van der Waals surface area contributed by atoms with Gasteiger partial charge in [0.1, 0.15) is 17.5 Å². The van der Waals surface area contributed by atoms with E-state index in [-0.39, 0.29) is 6.04 Å². The predicted octanol–water partition coefficient (Wildman–Crippen LogP) is 9.28. The first-order chi connectivity index (χ1) is 24.2. The van der Waals surface area contributed by atoms with Crippen molar-refractivity contribution < 1.29 is 13.9 Å². The highest BCUT2D eigenvalue weighted by Gasteiger charge is 2.57. The van der Waals surface area contributed by atoms with Crippen LogP contribution in [0.1, 0.15) is 87.5 Å². The van der Waals surface area contributed by atoms with Crippen molar-refractivity contribution in [2.75, 3.05) is 6.54 Å². The molecule has 0 radical (unpaired) electrons. The van der Waals surface area contributed by atoms with Gasteiger partial charge in [0.15, 0.2) is 10.8 Å². The Morgan fingerprint density at radius 2 is 1.90 bits per heavy atom. The van der Waals surface area contributed by atoms with Gasteiger partial charge in [-0.15, -0.1) is 11.3 Å². The largest absolute Gasteiger partial charge is 0.384 e. The maximum Gasteiger partial charge on any atom is 0.165 e. The summed E-state index contributed by atoms with van der Waals surface area (Å²) in [5.74, 6) is 3.28. The first-order valence-electron chi connectivity index (χ1n) is 18.2. The van der Waals surface area contributed by atoms with Gasteiger partial charge in [-0.05, 0) is 99.0 Å². The lowest BCUT2D eigenvalue weighted by molar-refractivity contribution is -0.171. The Morgan fingerprint density at radius 3 is 2.62 bits per heavy atom. The van der Waals surface area contributed by atoms with E-state index in [9.17, 15) is 13.9 Å². The molecule has 3 aromatic rings. The van der Waals surface area contributed by atoms with E-state index in [1.165, 1.54) is 25.0 Å². The number of alkyl halides is 1. The third kappa shape index (κ3) is 6.28. The molecule has 0 spiro atoms. The van der Waals surface area contributed by atoms with Crippen LogP contribution in [-0.4, -0.2) is 50.3 Å². The molecule has 6 nitrogen and oxygen atoms in total. The summed E-state index contributed by atoms with van der Waals surface area (Å²) in [6.45, 7) is 4.77. The molecule has 3 aliphatic heterocycles. The van der Waals surface area contributed by atoms with Crippen LogP contribution >= 0.6 is 22.9 Å². The molecule has 0 amide bonds. The van der Waals surface area contributed by atoms with Crippen molar-refractivity contribution >= 4 is 34.5 Å². The summed E-state index contributed by atoms with van der Waals surface area (Å²) in [7, 11) is 0. The minimum Gasteiger partial charge on any atom is -0.384 e. The van der Waals surface area contributed by atoms with Gasteiger partial charge in [-0.2, -0.15) is 0 Å². The summed E-state index contributed by atoms with van der Waals surface area (Å²) >= 11 is 8.27. The van der Waals surface area contributed by atoms with Crippen molar-refractivity contribution in [3.8, 4) is 0 Å². The predicted molar refractivity (Wildman–Crippen MR) is 196 cm³/mol. The van der Waals surface area contributed by atoms with Gasteiger partial charge in [-0.1, -0.05) is 49.6 Å². The van der Waals surface area contributed by atoms with Crippen LogP contribution in [0.3, 0.4) is 0 Å². The Labute approximate surface area is 302 Å². The van der Waals surface area contributed by atoms with Crippen molar-refractivity contribution in [1.29, 1.82) is 0 Å². The van der Waals surface area contributed by atoms with Gasteiger partial charge in [0, 0.05) is 52.6 Å². The summed E-state index contributed by atoms with van der Waals surface area (Å²) in [6.07, 6.45) is 14.0. The molecule has 50 heavy (non-hydrogen) atoms. The minimum atomic E-state index is -0.962. The lowest BCUT2D eigenvalue weighted by Gasteiger charge is -2.60. The maximum absolute atomic E-state index is 14.2. The van der Waals surface area contributed by atoms with Crippen LogP contribution < -0.4 is 0 Å². The van der Waals surface area contributed by atoms with Crippen LogP contribution in [0.2, 0.25) is 5.02 Å². The molecule has 262 valence electrons. The van der Waals surface area contributed by atoms with Crippen molar-refractivity contribution in [3.05, 3.63) is 105 Å². The molecule has 2 bridgehead atoms. The molecule has 6 atom stereocenters. The van der Waals surface area contributed by atoms with Gasteiger partial charge in [0.2, 0.25) is 0 Å². The normalized spacial score (nSPS) is 32.1. The number of halogens is 3. The monoisotopic (exact) mass is 715 g/mol. The number of aromatic nitrogens is 2. The van der Waals surface area contributed by atoms with Crippen molar-refractivity contribution in [2.45, 2.75) is 89.1 Å². The van der Waals surface area contributed by atoms with E-state index >= 15 is 0 Å². The highest BCUT2D eigenvalue weighted by Crippen LogP contribution is 2.61. The number of hydrogen-bond donors (Lipinski definition) is 1. The molecule has 4 fully saturated rings. The molecule has 6 aliphatic rings. The molecule has 2 aromatic heterocycles. The van der Waals surface area contributed by atoms with Gasteiger partial charge in [0.25, 0.3) is 0 Å². The van der Waals surface area contributed by atoms with Crippen LogP contribution in [0, 0.1) is 35.4 Å². The fourth-order valence-corrected chi connectivity index (χ4v) is 10.5. The molecule has 5 unspecified atom stereocenters. The summed E-state index contributed by atoms with van der Waals surface area (Å²) in [6, 6.07) is 9.64. The molecule has 9 rings (SSSR count). The lowest BCUT2D eigenvalue weighted by Crippen LogP contribution is -2.56. The number of allylic oxidation sites excluding steroid dienone is 2. The Morgan fingerprint density at radius 1 is 1.08 bits per heavy atom. The van der Waals surface area contributed by atoms with Gasteiger partial charge in [0.05, 0.1) is 23.6 Å². The molecule has 1 N–H and O–H groups in total. The van der Waals surface area contributed by atoms with Crippen molar-refractivity contribution in [2.24, 2.45) is 39.6 Å². The van der Waals surface area contributed by atoms with E-state index in [4.69, 9.17) is 21.6 Å². The Balaban J connectivity index is 1.01. The van der Waals surface area contributed by atoms with Gasteiger partial charge in [-0.3, -0.25) is 15.0 Å². The number of benzene rings is 1. The summed E-state index contributed by atoms with van der Waals surface area (Å²) < 4.78 is 28.3. The molecule has 1 saturated heterocycles. The number of amidine groups is 1. The lowest BCUT2D eigenvalue weighted by atomic mass is 9.46. The molecule has 1 aromatic carbocycles. The average molecular weight is 716 g/mol. The van der Waals surface area contributed by atoms with Crippen LogP contribution in [0.15, 0.2) is 87.6 Å². The Kier molecular flexibility index (Phi) is 9.27. The van der Waals surface area contributed by atoms with Crippen LogP contribution in [0.5, 0.6) is 0 Å². The van der Waals surface area contributed by atoms with Crippen LogP contribution in [0.25, 0.3) is 0 Å². The van der Waals surface area contributed by atoms with Crippen molar-refractivity contribution in [3.63, 3.8) is 0 Å². The number of thiazole rings is 1. The second-order valence-corrected chi connectivity index (χ2v) is 16.4. The number of nitrogens with zero attached hydrogens (tertiary/aromatic N) is 5. The first-order valence-corrected chi connectivity index (χ1v) is 19.4. The van der Waals surface area contributed by atoms with E-state index in [1.807, 2.05) is 35.7 Å². The molecule has 5 heterocycles. The average Bonchev–Trinajstić information content (AvgIpc) is 3.89. The summed E-state index contributed by atoms with van der Waals surface area (Å²) in [5, 5.41) is 14.6. The highest BCUT2D eigenvalue weighted by atomic mass is 35.5. The molecular formula is C40H44ClF2N5OS. The van der Waals surface area contributed by atoms with E-state index in [0.717, 1.165) is 77.7 Å². The van der Waals surface area contributed by atoms with Gasteiger partial charge >= 0.3 is 0 Å². The van der Waals surface area contributed by atoms with E-state index in [0.29, 0.717) is 41.0 Å². The number of hydrogen-bond acceptors (Lipinski definition) is 7. The fraction of sp³-hybridized carbons (Fsp3) is 0.500. The topological polar surface area (TPSA) is 74.0 Å².